The van der Waals surface area contributed by atoms with E-state index in [0.29, 0.717) is 25.3 Å². The summed E-state index contributed by atoms with van der Waals surface area (Å²) in [7, 11) is 0. The van der Waals surface area contributed by atoms with Crippen molar-refractivity contribution in [2.24, 2.45) is 0 Å². The number of nitrogens with one attached hydrogen (secondary N) is 1. The van der Waals surface area contributed by atoms with Gasteiger partial charge in [-0.05, 0) is 6.07 Å². The van der Waals surface area contributed by atoms with Crippen LogP contribution in [0.2, 0.25) is 5.02 Å². The molecule has 15 heavy (non-hydrogen) atoms. The molecule has 2 rings (SSSR count). The molecule has 0 aliphatic carbocycles. The van der Waals surface area contributed by atoms with Gasteiger partial charge in [0.1, 0.15) is 16.6 Å². The van der Waals surface area contributed by atoms with Crippen LogP contribution in [0.4, 0.5) is 4.39 Å². The highest BCUT2D eigenvalue weighted by Crippen LogP contribution is 2.34. The van der Waals surface area contributed by atoms with Gasteiger partial charge in [-0.2, -0.15) is 0 Å². The van der Waals surface area contributed by atoms with Gasteiger partial charge in [-0.25, -0.2) is 4.39 Å². The third-order valence-corrected chi connectivity index (χ3v) is 2.76. The van der Waals surface area contributed by atoms with Gasteiger partial charge < -0.3 is 15.2 Å². The fraction of sp³-hybridized carbons (Fsp3) is 0.400. The molecule has 1 aliphatic heterocycles. The molecule has 1 heterocycles. The molecule has 0 radical (unpaired) electrons. The van der Waals surface area contributed by atoms with Gasteiger partial charge >= 0.3 is 0 Å². The van der Waals surface area contributed by atoms with Crippen LogP contribution < -0.4 is 5.32 Å². The fourth-order valence-corrected chi connectivity index (χ4v) is 1.77. The Morgan fingerprint density at radius 3 is 3.00 bits per heavy atom. The fourth-order valence-electron chi connectivity index (χ4n) is 1.60. The number of halogens is 2. The van der Waals surface area contributed by atoms with Crippen molar-refractivity contribution in [2.45, 2.75) is 6.04 Å². The van der Waals surface area contributed by atoms with Gasteiger partial charge in [0.15, 0.2) is 0 Å². The summed E-state index contributed by atoms with van der Waals surface area (Å²) in [5.41, 5.74) is 0.570. The topological polar surface area (TPSA) is 41.5 Å². The summed E-state index contributed by atoms with van der Waals surface area (Å²) in [5, 5.41) is 12.6. The third kappa shape index (κ3) is 2.07. The predicted octanol–water partition coefficient (Wildman–Crippen LogP) is 1.85. The molecule has 0 unspecified atom stereocenters. The van der Waals surface area contributed by atoms with Gasteiger partial charge in [0.25, 0.3) is 0 Å². The lowest BCUT2D eigenvalue weighted by atomic mass is 10.1. The highest BCUT2D eigenvalue weighted by atomic mass is 35.5. The monoisotopic (exact) mass is 231 g/mol. The highest BCUT2D eigenvalue weighted by Gasteiger charge is 2.21. The van der Waals surface area contributed by atoms with Crippen molar-refractivity contribution in [3.05, 3.63) is 28.5 Å². The molecule has 1 fully saturated rings. The first-order valence-electron chi connectivity index (χ1n) is 4.68. The highest BCUT2D eigenvalue weighted by molar-refractivity contribution is 6.32. The maximum absolute atomic E-state index is 13.0. The number of phenolic OH excluding ortho intramolecular Hbond substituents is 1. The largest absolute Gasteiger partial charge is 0.506 e. The normalized spacial score (nSPS) is 21.6. The van der Waals surface area contributed by atoms with E-state index in [0.717, 1.165) is 0 Å². The van der Waals surface area contributed by atoms with Crippen LogP contribution in [-0.2, 0) is 4.74 Å². The minimum atomic E-state index is -0.616. The van der Waals surface area contributed by atoms with Crippen molar-refractivity contribution in [1.29, 1.82) is 0 Å². The van der Waals surface area contributed by atoms with Crippen LogP contribution in [0, 0.1) is 5.82 Å². The van der Waals surface area contributed by atoms with Gasteiger partial charge in [0.05, 0.1) is 19.3 Å². The second-order valence-electron chi connectivity index (χ2n) is 3.38. The molecule has 2 N–H and O–H groups in total. The lowest BCUT2D eigenvalue weighted by molar-refractivity contribution is 0.0760. The third-order valence-electron chi connectivity index (χ3n) is 2.40. The van der Waals surface area contributed by atoms with Crippen LogP contribution in [0.15, 0.2) is 12.1 Å². The van der Waals surface area contributed by atoms with E-state index in [2.05, 4.69) is 5.32 Å². The second-order valence-corrected chi connectivity index (χ2v) is 3.76. The van der Waals surface area contributed by atoms with Crippen LogP contribution in [0.5, 0.6) is 5.75 Å². The van der Waals surface area contributed by atoms with Gasteiger partial charge in [-0.15, -0.1) is 0 Å². The molecular weight excluding hydrogens is 221 g/mol. The lowest BCUT2D eigenvalue weighted by Crippen LogP contribution is -2.34. The first kappa shape index (κ1) is 10.7. The zero-order valence-corrected chi connectivity index (χ0v) is 8.72. The van der Waals surface area contributed by atoms with Gasteiger partial charge in [0, 0.05) is 12.1 Å². The summed E-state index contributed by atoms with van der Waals surface area (Å²) >= 11 is 5.61. The van der Waals surface area contributed by atoms with Crippen molar-refractivity contribution in [3.63, 3.8) is 0 Å². The first-order chi connectivity index (χ1) is 7.20. The molecule has 5 heteroatoms. The molecule has 1 aromatic rings. The molecule has 82 valence electrons. The van der Waals surface area contributed by atoms with Crippen LogP contribution in [0.25, 0.3) is 0 Å². The molecule has 0 bridgehead atoms. The van der Waals surface area contributed by atoms with Crippen molar-refractivity contribution in [3.8, 4) is 5.75 Å². The summed E-state index contributed by atoms with van der Waals surface area (Å²) in [5.74, 6) is -0.825. The standard InChI is InChI=1S/C10H11ClFNO2/c11-9-7(12)2-1-6(10(9)14)8-5-15-4-3-13-8/h1-2,8,13-14H,3-5H2/t8-/m1/s1. The number of ether oxygens (including phenoxy) is 1. The van der Waals surface area contributed by atoms with E-state index in [9.17, 15) is 9.50 Å². The van der Waals surface area contributed by atoms with E-state index in [1.165, 1.54) is 12.1 Å². The maximum Gasteiger partial charge on any atom is 0.145 e. The zero-order chi connectivity index (χ0) is 10.8. The molecule has 1 atom stereocenters. The number of phenols is 1. The molecule has 0 amide bonds. The summed E-state index contributed by atoms with van der Waals surface area (Å²) < 4.78 is 18.2. The Morgan fingerprint density at radius 1 is 1.53 bits per heavy atom. The Labute approximate surface area is 91.8 Å². The number of hydrogen-bond acceptors (Lipinski definition) is 3. The molecule has 3 nitrogen and oxygen atoms in total. The summed E-state index contributed by atoms with van der Waals surface area (Å²) in [6.07, 6.45) is 0. The molecule has 1 saturated heterocycles. The van der Waals surface area contributed by atoms with Crippen LogP contribution >= 0.6 is 11.6 Å². The van der Waals surface area contributed by atoms with E-state index in [4.69, 9.17) is 16.3 Å². The van der Waals surface area contributed by atoms with Crippen molar-refractivity contribution < 1.29 is 14.2 Å². The SMILES string of the molecule is Oc1c([C@H]2COCCN2)ccc(F)c1Cl. The molecule has 0 saturated carbocycles. The number of aromatic hydroxyl groups is 1. The molecule has 0 aromatic heterocycles. The Morgan fingerprint density at radius 2 is 2.33 bits per heavy atom. The van der Waals surface area contributed by atoms with E-state index >= 15 is 0 Å². The van der Waals surface area contributed by atoms with Gasteiger partial charge in [0.2, 0.25) is 0 Å². The van der Waals surface area contributed by atoms with Crippen molar-refractivity contribution in [2.75, 3.05) is 19.8 Å². The van der Waals surface area contributed by atoms with Crippen molar-refractivity contribution in [1.82, 2.24) is 5.32 Å². The van der Waals surface area contributed by atoms with E-state index in [1.54, 1.807) is 0 Å². The Bertz CT molecular complexity index is 367. The lowest BCUT2D eigenvalue weighted by Gasteiger charge is -2.25. The van der Waals surface area contributed by atoms with Gasteiger partial charge in [-0.1, -0.05) is 17.7 Å². The van der Waals surface area contributed by atoms with Crippen LogP contribution in [-0.4, -0.2) is 24.9 Å². The molecule has 0 spiro atoms. The number of hydrogen-bond donors (Lipinski definition) is 2. The van der Waals surface area contributed by atoms with Crippen LogP contribution in [0.3, 0.4) is 0 Å². The Kier molecular flexibility index (Phi) is 3.09. The van der Waals surface area contributed by atoms with Gasteiger partial charge in [-0.3, -0.25) is 0 Å². The quantitative estimate of drug-likeness (QED) is 0.775. The number of benzene rings is 1. The molecule has 1 aliphatic rings. The number of morpholine rings is 1. The smallest absolute Gasteiger partial charge is 0.145 e. The molecular formula is C10H11ClFNO2. The van der Waals surface area contributed by atoms with E-state index in [1.807, 2.05) is 0 Å². The van der Waals surface area contributed by atoms with Crippen LogP contribution in [0.1, 0.15) is 11.6 Å². The van der Waals surface area contributed by atoms with E-state index in [-0.39, 0.29) is 16.8 Å². The number of rotatable bonds is 1. The average molecular weight is 232 g/mol. The minimum absolute atomic E-state index is 0.128. The minimum Gasteiger partial charge on any atom is -0.506 e. The summed E-state index contributed by atoms with van der Waals surface area (Å²) in [6.45, 7) is 1.81. The maximum atomic E-state index is 13.0. The summed E-state index contributed by atoms with van der Waals surface area (Å²) in [6, 6.07) is 2.63. The molecule has 1 aromatic carbocycles. The average Bonchev–Trinajstić information content (AvgIpc) is 2.27. The summed E-state index contributed by atoms with van der Waals surface area (Å²) in [4.78, 5) is 0. The second kappa shape index (κ2) is 4.35. The first-order valence-corrected chi connectivity index (χ1v) is 5.06. The Balaban J connectivity index is 2.31. The zero-order valence-electron chi connectivity index (χ0n) is 7.96. The van der Waals surface area contributed by atoms with E-state index < -0.39 is 5.82 Å². The van der Waals surface area contributed by atoms with Crippen molar-refractivity contribution >= 4 is 11.6 Å². The predicted molar refractivity (Wildman–Crippen MR) is 54.6 cm³/mol. The Hall–Kier alpha value is -0.840.